The Bertz CT molecular complexity index is 4110. The second kappa shape index (κ2) is 38.9. The van der Waals surface area contributed by atoms with Gasteiger partial charge in [-0.2, -0.15) is 0 Å². The van der Waals surface area contributed by atoms with Crippen molar-refractivity contribution in [2.24, 2.45) is 14.1 Å². The van der Waals surface area contributed by atoms with Crippen LogP contribution in [0.15, 0.2) is 315 Å². The summed E-state index contributed by atoms with van der Waals surface area (Å²) in [6, 6.07) is 112. The van der Waals surface area contributed by atoms with E-state index in [-0.39, 0.29) is 89.5 Å². The summed E-state index contributed by atoms with van der Waals surface area (Å²) in [5.74, 6) is 9.64. The van der Waals surface area contributed by atoms with Crippen molar-refractivity contribution in [2.75, 3.05) is 24.6 Å². The molecule has 14 aromatic rings. The van der Waals surface area contributed by atoms with E-state index in [1.807, 2.05) is 86.9 Å². The van der Waals surface area contributed by atoms with Crippen LogP contribution in [0.4, 0.5) is 0 Å². The zero-order chi connectivity index (χ0) is 63.4. The standard InChI is InChI=1S/2C26H24P2.2C17H9N.4Au/c2*1-5-13-23(14-6-1)27(24-15-7-2-8-16-24)21-22-28(25-17-9-3-10-18-25)26-19-11-4-12-20-26;2*1-4-12-6-8-16-14(10-12)15-11-13(5-2)7-9-17(15)18(16)3;;;;/h2*1-20H,21-22H2;2*6-11H,3H3;;;;/q;;2*-2;4*+1/p+4. The van der Waals surface area contributed by atoms with Gasteiger partial charge in [0.15, 0.2) is 0 Å². The predicted molar refractivity (Wildman–Crippen MR) is 407 cm³/mol. The van der Waals surface area contributed by atoms with Crippen molar-refractivity contribution in [3.8, 4) is 23.7 Å². The van der Waals surface area contributed by atoms with Crippen LogP contribution in [0, 0.1) is 49.4 Å². The minimum absolute atomic E-state index is 0. The number of nitrogens with zero attached hydrogens (tertiary/aromatic N) is 2. The van der Waals surface area contributed by atoms with E-state index in [4.69, 9.17) is 25.7 Å². The Morgan fingerprint density at radius 2 is 0.375 bits per heavy atom. The van der Waals surface area contributed by atoms with Crippen molar-refractivity contribution >= 4 is 118 Å². The molecular weight excluding hydrogens is 1970 g/mol. The molecule has 2 heterocycles. The second-order valence-corrected chi connectivity index (χ2v) is 32.8. The van der Waals surface area contributed by atoms with Crippen molar-refractivity contribution in [3.05, 3.63) is 363 Å². The van der Waals surface area contributed by atoms with E-state index >= 15 is 0 Å². The summed E-state index contributed by atoms with van der Waals surface area (Å²) in [6.07, 6.45) is 33.9. The van der Waals surface area contributed by atoms with Gasteiger partial charge in [0.25, 0.3) is 0 Å². The van der Waals surface area contributed by atoms with E-state index in [9.17, 15) is 0 Å². The molecule has 0 radical (unpaired) electrons. The second-order valence-electron chi connectivity index (χ2n) is 22.4. The molecule has 2 aromatic heterocycles. The van der Waals surface area contributed by atoms with Gasteiger partial charge in [-0.25, -0.2) is 0 Å². The van der Waals surface area contributed by atoms with Gasteiger partial charge in [0.1, 0.15) is 24.6 Å². The molecule has 10 heteroatoms. The SMILES string of the molecule is [Au+].[Au+].[Au+].[Au+].[C-]#Cc1ccc2c(c1)c1cc(C#[C-])ccc1n2C.[C-]#Cc1ccc2c(c1)c1cc(C#[C-])ccc1n2C.c1ccc([PH+](CC[PH+](c2ccccc2)c2ccccc2)c2ccccc2)cc1.c1ccc([PH+](CC[PH+](c2ccccc2)c2ccccc2)c2ccccc2)cc1. The Morgan fingerprint density at radius 1 is 0.229 bits per heavy atom. The van der Waals surface area contributed by atoms with Crippen LogP contribution in [0.25, 0.3) is 43.6 Å². The van der Waals surface area contributed by atoms with Gasteiger partial charge in [-0.15, -0.1) is 70.8 Å². The Morgan fingerprint density at radius 3 is 0.510 bits per heavy atom. The van der Waals surface area contributed by atoms with Crippen LogP contribution in [0.1, 0.15) is 22.3 Å². The normalized spacial score (nSPS) is 10.4. The van der Waals surface area contributed by atoms with Crippen molar-refractivity contribution < 1.29 is 89.5 Å². The van der Waals surface area contributed by atoms with Crippen LogP contribution in [0.3, 0.4) is 0 Å². The van der Waals surface area contributed by atoms with Crippen LogP contribution < -0.4 is 42.4 Å². The quantitative estimate of drug-likeness (QED) is 0.0444. The molecule has 0 aliphatic rings. The first-order valence-electron chi connectivity index (χ1n) is 30.9. The monoisotopic (exact) mass is 2040 g/mol. The molecule has 12 aromatic carbocycles. The van der Waals surface area contributed by atoms with E-state index in [1.165, 1.54) is 67.1 Å². The molecule has 14 rings (SSSR count). The molecule has 0 aliphatic carbocycles. The van der Waals surface area contributed by atoms with Gasteiger partial charge >= 0.3 is 89.5 Å². The third kappa shape index (κ3) is 19.3. The fraction of sp³-hybridized carbons (Fsp3) is 0.0698. The first kappa shape index (κ1) is 76.5. The van der Waals surface area contributed by atoms with E-state index in [0.29, 0.717) is 0 Å². The summed E-state index contributed by atoms with van der Waals surface area (Å²) in [6.45, 7) is 0. The zero-order valence-electron chi connectivity index (χ0n) is 53.0. The number of hydrogen-bond acceptors (Lipinski definition) is 0. The fourth-order valence-electron chi connectivity index (χ4n) is 12.2. The number of benzene rings is 12. The van der Waals surface area contributed by atoms with Gasteiger partial charge in [0.2, 0.25) is 0 Å². The van der Waals surface area contributed by atoms with Gasteiger partial charge in [-0.3, -0.25) is 23.7 Å². The van der Waals surface area contributed by atoms with Gasteiger partial charge in [-0.05, 0) is 119 Å². The van der Waals surface area contributed by atoms with Crippen molar-refractivity contribution in [1.29, 1.82) is 0 Å². The topological polar surface area (TPSA) is 9.86 Å². The van der Waals surface area contributed by atoms with Gasteiger partial charge in [0, 0.05) is 36.2 Å². The number of rotatable bonds is 14. The smallest absolute Gasteiger partial charge is 0.366 e. The Balaban J connectivity index is 0.000000182. The molecule has 484 valence electrons. The molecule has 0 fully saturated rings. The van der Waals surface area contributed by atoms with Crippen LogP contribution in [0.5, 0.6) is 0 Å². The van der Waals surface area contributed by atoms with Crippen LogP contribution in [-0.2, 0) is 104 Å². The van der Waals surface area contributed by atoms with E-state index in [0.717, 1.165) is 65.9 Å². The molecule has 0 bridgehead atoms. The molecule has 0 aliphatic heterocycles. The largest absolute Gasteiger partial charge is 1.00 e. The molecule has 0 spiro atoms. The summed E-state index contributed by atoms with van der Waals surface area (Å²) in [5, 5.41) is 16.5. The molecule has 0 saturated heterocycles. The average molecular weight is 2040 g/mol. The summed E-state index contributed by atoms with van der Waals surface area (Å²) < 4.78 is 4.23. The maximum Gasteiger partial charge on any atom is 1.00 e. The number of aromatic nitrogens is 2. The molecule has 2 nitrogen and oxygen atoms in total. The molecular formula is C86H70Au4N2P4+4. The Hall–Kier alpha value is -6.84. The third-order valence-corrected chi connectivity index (χ3v) is 29.1. The van der Waals surface area contributed by atoms with Crippen LogP contribution >= 0.6 is 31.7 Å². The Kier molecular flexibility index (Phi) is 31.0. The minimum Gasteiger partial charge on any atom is -0.366 e. The van der Waals surface area contributed by atoms with Crippen LogP contribution in [0.2, 0.25) is 0 Å². The van der Waals surface area contributed by atoms with Gasteiger partial charge < -0.3 is 34.8 Å². The third-order valence-electron chi connectivity index (χ3n) is 16.8. The first-order valence-corrected chi connectivity index (χ1v) is 37.8. The van der Waals surface area contributed by atoms with Crippen molar-refractivity contribution in [3.63, 3.8) is 0 Å². The number of aryl methyl sites for hydroxylation is 2. The molecule has 0 atom stereocenters. The maximum atomic E-state index is 7.21. The summed E-state index contributed by atoms with van der Waals surface area (Å²) in [4.78, 5) is 0. The number of fused-ring (bicyclic) bond motifs is 6. The molecule has 0 N–H and O–H groups in total. The molecule has 96 heavy (non-hydrogen) atoms. The average Bonchev–Trinajstić information content (AvgIpc) is 1.65. The van der Waals surface area contributed by atoms with Crippen LogP contribution in [-0.4, -0.2) is 33.8 Å². The van der Waals surface area contributed by atoms with E-state index in [2.05, 4.69) is 275 Å². The zero-order valence-corrected chi connectivity index (χ0v) is 65.6. The molecule has 0 saturated carbocycles. The maximum absolute atomic E-state index is 7.21. The summed E-state index contributed by atoms with van der Waals surface area (Å²) >= 11 is 0. The molecule has 0 unspecified atom stereocenters. The van der Waals surface area contributed by atoms with Gasteiger partial charge in [-0.1, -0.05) is 170 Å². The van der Waals surface area contributed by atoms with Crippen molar-refractivity contribution in [2.45, 2.75) is 0 Å². The molecule has 0 amide bonds. The fourth-order valence-corrected chi connectivity index (χ4v) is 24.6. The van der Waals surface area contributed by atoms with Crippen molar-refractivity contribution in [1.82, 2.24) is 9.13 Å². The predicted octanol–water partition coefficient (Wildman–Crippen LogP) is 15.8. The van der Waals surface area contributed by atoms with Gasteiger partial charge in [0.05, 0.1) is 74.1 Å². The first-order chi connectivity index (χ1) is 45.3. The number of hydrogen-bond donors (Lipinski definition) is 0. The Labute approximate surface area is 635 Å². The van der Waals surface area contributed by atoms with E-state index < -0.39 is 31.7 Å². The van der Waals surface area contributed by atoms with E-state index in [1.54, 1.807) is 0 Å². The summed E-state index contributed by atoms with van der Waals surface area (Å²) in [5.41, 5.74) is 7.52. The summed E-state index contributed by atoms with van der Waals surface area (Å²) in [7, 11) is 0.907. The minimum atomic E-state index is -0.783.